The van der Waals surface area contributed by atoms with E-state index in [9.17, 15) is 4.79 Å². The fraction of sp³-hybridized carbons (Fsp3) is 0.125. The topological polar surface area (TPSA) is 67.8 Å². The fourth-order valence-corrected chi connectivity index (χ4v) is 2.18. The van der Waals surface area contributed by atoms with Crippen LogP contribution in [0.25, 0.3) is 11.2 Å². The quantitative estimate of drug-likeness (QED) is 0.804. The number of nitrogens with zero attached hydrogens (tertiary/aromatic N) is 3. The van der Waals surface area contributed by atoms with Crippen molar-refractivity contribution in [2.45, 2.75) is 6.42 Å². The van der Waals surface area contributed by atoms with E-state index in [1.807, 2.05) is 24.3 Å². The van der Waals surface area contributed by atoms with E-state index in [2.05, 4.69) is 20.3 Å². The Labute approximate surface area is 132 Å². The third-order valence-electron chi connectivity index (χ3n) is 3.20. The second-order valence-corrected chi connectivity index (χ2v) is 5.19. The molecule has 6 heteroatoms. The maximum absolute atomic E-state index is 12.1. The molecule has 110 valence electrons. The molecule has 5 nitrogen and oxygen atoms in total. The standard InChI is InChI=1S/C16H13ClN4O/c17-13-3-1-11(2-4-13)5-6-20-16(22)12-9-14-15(21-10-12)19-8-7-18-14/h1-4,7-10H,5-6H2,(H,20,22). The predicted molar refractivity (Wildman–Crippen MR) is 84.8 cm³/mol. The number of carbonyl (C=O) groups is 1. The highest BCUT2D eigenvalue weighted by Crippen LogP contribution is 2.10. The summed E-state index contributed by atoms with van der Waals surface area (Å²) in [5.41, 5.74) is 2.73. The molecule has 0 atom stereocenters. The monoisotopic (exact) mass is 312 g/mol. The summed E-state index contributed by atoms with van der Waals surface area (Å²) < 4.78 is 0. The Morgan fingerprint density at radius 3 is 2.68 bits per heavy atom. The van der Waals surface area contributed by atoms with Crippen LogP contribution in [0.1, 0.15) is 15.9 Å². The van der Waals surface area contributed by atoms with Gasteiger partial charge in [0.25, 0.3) is 5.91 Å². The maximum Gasteiger partial charge on any atom is 0.252 e. The van der Waals surface area contributed by atoms with Crippen LogP contribution < -0.4 is 5.32 Å². The number of fused-ring (bicyclic) bond motifs is 1. The summed E-state index contributed by atoms with van der Waals surface area (Å²) >= 11 is 5.84. The largest absolute Gasteiger partial charge is 0.352 e. The summed E-state index contributed by atoms with van der Waals surface area (Å²) in [4.78, 5) is 24.5. The number of hydrogen-bond acceptors (Lipinski definition) is 4. The van der Waals surface area contributed by atoms with Crippen LogP contribution in [-0.2, 0) is 6.42 Å². The normalized spacial score (nSPS) is 10.6. The van der Waals surface area contributed by atoms with Gasteiger partial charge in [0.15, 0.2) is 5.65 Å². The molecule has 1 N–H and O–H groups in total. The zero-order valence-electron chi connectivity index (χ0n) is 11.7. The van der Waals surface area contributed by atoms with Gasteiger partial charge in [0, 0.05) is 30.2 Å². The third kappa shape index (κ3) is 3.38. The van der Waals surface area contributed by atoms with Crippen LogP contribution in [0.4, 0.5) is 0 Å². The fourth-order valence-electron chi connectivity index (χ4n) is 2.06. The van der Waals surface area contributed by atoms with Gasteiger partial charge in [-0.2, -0.15) is 0 Å². The minimum Gasteiger partial charge on any atom is -0.352 e. The van der Waals surface area contributed by atoms with E-state index in [1.165, 1.54) is 6.20 Å². The molecular formula is C16H13ClN4O. The Kier molecular flexibility index (Phi) is 4.25. The zero-order valence-corrected chi connectivity index (χ0v) is 12.4. The zero-order chi connectivity index (χ0) is 15.4. The first-order valence-corrected chi connectivity index (χ1v) is 7.19. The average molecular weight is 313 g/mol. The summed E-state index contributed by atoms with van der Waals surface area (Å²) in [7, 11) is 0. The van der Waals surface area contributed by atoms with Crippen LogP contribution in [-0.4, -0.2) is 27.4 Å². The van der Waals surface area contributed by atoms with Gasteiger partial charge in [0.1, 0.15) is 5.52 Å². The third-order valence-corrected chi connectivity index (χ3v) is 3.45. The SMILES string of the molecule is O=C(NCCc1ccc(Cl)cc1)c1cnc2nccnc2c1. The molecule has 0 radical (unpaired) electrons. The van der Waals surface area contributed by atoms with Crippen molar-refractivity contribution in [2.24, 2.45) is 0 Å². The molecule has 0 aliphatic carbocycles. The lowest BCUT2D eigenvalue weighted by Crippen LogP contribution is -2.25. The number of pyridine rings is 1. The lowest BCUT2D eigenvalue weighted by Gasteiger charge is -2.06. The van der Waals surface area contributed by atoms with Crippen LogP contribution in [0, 0.1) is 0 Å². The summed E-state index contributed by atoms with van der Waals surface area (Å²) in [6.45, 7) is 0.541. The molecule has 0 unspecified atom stereocenters. The van der Waals surface area contributed by atoms with Gasteiger partial charge >= 0.3 is 0 Å². The van der Waals surface area contributed by atoms with Crippen molar-refractivity contribution in [2.75, 3.05) is 6.54 Å². The van der Waals surface area contributed by atoms with Crippen molar-refractivity contribution in [3.8, 4) is 0 Å². The van der Waals surface area contributed by atoms with Crippen LogP contribution in [0.2, 0.25) is 5.02 Å². The Morgan fingerprint density at radius 1 is 1.09 bits per heavy atom. The van der Waals surface area contributed by atoms with Crippen molar-refractivity contribution in [1.29, 1.82) is 0 Å². The molecule has 3 rings (SSSR count). The van der Waals surface area contributed by atoms with E-state index >= 15 is 0 Å². The van der Waals surface area contributed by atoms with E-state index in [1.54, 1.807) is 18.5 Å². The van der Waals surface area contributed by atoms with Crippen LogP contribution in [0.15, 0.2) is 48.9 Å². The highest BCUT2D eigenvalue weighted by atomic mass is 35.5. The van der Waals surface area contributed by atoms with Gasteiger partial charge in [0.2, 0.25) is 0 Å². The Morgan fingerprint density at radius 2 is 1.86 bits per heavy atom. The van der Waals surface area contributed by atoms with E-state index in [0.717, 1.165) is 12.0 Å². The first kappa shape index (κ1) is 14.4. The summed E-state index contributed by atoms with van der Waals surface area (Å²) in [5, 5.41) is 3.57. The van der Waals surface area contributed by atoms with Crippen LogP contribution >= 0.6 is 11.6 Å². The lowest BCUT2D eigenvalue weighted by molar-refractivity contribution is 0.0954. The number of nitrogens with one attached hydrogen (secondary N) is 1. The first-order chi connectivity index (χ1) is 10.7. The highest BCUT2D eigenvalue weighted by molar-refractivity contribution is 6.30. The molecule has 0 spiro atoms. The molecule has 0 fully saturated rings. The predicted octanol–water partition coefficient (Wildman–Crippen LogP) is 2.65. The van der Waals surface area contributed by atoms with E-state index in [-0.39, 0.29) is 5.91 Å². The van der Waals surface area contributed by atoms with Crippen molar-refractivity contribution in [3.05, 3.63) is 65.1 Å². The average Bonchev–Trinajstić information content (AvgIpc) is 2.56. The van der Waals surface area contributed by atoms with Gasteiger partial charge in [-0.05, 0) is 30.2 Å². The minimum absolute atomic E-state index is 0.172. The van der Waals surface area contributed by atoms with E-state index in [0.29, 0.717) is 28.3 Å². The highest BCUT2D eigenvalue weighted by Gasteiger charge is 2.07. The molecule has 2 heterocycles. The molecule has 22 heavy (non-hydrogen) atoms. The second kappa shape index (κ2) is 6.49. The van der Waals surface area contributed by atoms with Gasteiger partial charge in [-0.1, -0.05) is 23.7 Å². The van der Waals surface area contributed by atoms with Gasteiger partial charge < -0.3 is 5.32 Å². The van der Waals surface area contributed by atoms with Crippen LogP contribution in [0.5, 0.6) is 0 Å². The Hall–Kier alpha value is -2.53. The molecule has 0 bridgehead atoms. The number of amides is 1. The molecule has 2 aromatic heterocycles. The number of hydrogen-bond donors (Lipinski definition) is 1. The number of carbonyl (C=O) groups excluding carboxylic acids is 1. The number of benzene rings is 1. The molecule has 3 aromatic rings. The van der Waals surface area contributed by atoms with E-state index in [4.69, 9.17) is 11.6 Å². The van der Waals surface area contributed by atoms with Crippen LogP contribution in [0.3, 0.4) is 0 Å². The number of halogens is 1. The second-order valence-electron chi connectivity index (χ2n) is 4.76. The number of aromatic nitrogens is 3. The summed E-state index contributed by atoms with van der Waals surface area (Å²) in [5.74, 6) is -0.172. The molecule has 0 aliphatic rings. The minimum atomic E-state index is -0.172. The molecule has 1 aromatic carbocycles. The smallest absolute Gasteiger partial charge is 0.252 e. The first-order valence-electron chi connectivity index (χ1n) is 6.82. The van der Waals surface area contributed by atoms with Gasteiger partial charge in [-0.3, -0.25) is 9.78 Å². The Bertz CT molecular complexity index is 805. The maximum atomic E-state index is 12.1. The Balaban J connectivity index is 1.62. The van der Waals surface area contributed by atoms with Gasteiger partial charge in [0.05, 0.1) is 5.56 Å². The van der Waals surface area contributed by atoms with Crippen molar-refractivity contribution < 1.29 is 4.79 Å². The van der Waals surface area contributed by atoms with Crippen molar-refractivity contribution in [3.63, 3.8) is 0 Å². The molecule has 0 saturated carbocycles. The van der Waals surface area contributed by atoms with Crippen molar-refractivity contribution >= 4 is 28.7 Å². The van der Waals surface area contributed by atoms with Crippen molar-refractivity contribution in [1.82, 2.24) is 20.3 Å². The summed E-state index contributed by atoms with van der Waals surface area (Å²) in [6.07, 6.45) is 5.39. The summed E-state index contributed by atoms with van der Waals surface area (Å²) in [6, 6.07) is 9.26. The van der Waals surface area contributed by atoms with Gasteiger partial charge in [-0.15, -0.1) is 0 Å². The van der Waals surface area contributed by atoms with Gasteiger partial charge in [-0.25, -0.2) is 9.97 Å². The molecule has 1 amide bonds. The van der Waals surface area contributed by atoms with E-state index < -0.39 is 0 Å². The molecule has 0 aliphatic heterocycles. The number of rotatable bonds is 4. The molecule has 0 saturated heterocycles. The molecular weight excluding hydrogens is 300 g/mol. The lowest BCUT2D eigenvalue weighted by atomic mass is 10.1.